The molecule has 1 saturated heterocycles. The molecule has 23 heavy (non-hydrogen) atoms. The molecule has 0 amide bonds. The van der Waals surface area contributed by atoms with Crippen LogP contribution in [0.1, 0.15) is 18.2 Å². The number of rotatable bonds is 2. The highest BCUT2D eigenvalue weighted by atomic mass is 16.5. The highest BCUT2D eigenvalue weighted by molar-refractivity contribution is 5.02. The van der Waals surface area contributed by atoms with Gasteiger partial charge in [-0.2, -0.15) is 0 Å². The molecule has 0 radical (unpaired) electrons. The summed E-state index contributed by atoms with van der Waals surface area (Å²) in [5.41, 5.74) is -0.643. The number of aryl methyl sites for hydroxylation is 1. The van der Waals surface area contributed by atoms with Gasteiger partial charge in [0.05, 0.1) is 12.7 Å². The smallest absolute Gasteiger partial charge is 0.330 e. The summed E-state index contributed by atoms with van der Waals surface area (Å²) in [6, 6.07) is 5.72. The number of aromatic amines is 1. The van der Waals surface area contributed by atoms with Gasteiger partial charge in [0.25, 0.3) is 5.56 Å². The van der Waals surface area contributed by atoms with Gasteiger partial charge in [-0.3, -0.25) is 19.3 Å². The van der Waals surface area contributed by atoms with Crippen molar-refractivity contribution in [2.75, 3.05) is 6.61 Å². The van der Waals surface area contributed by atoms with Crippen molar-refractivity contribution in [3.63, 3.8) is 0 Å². The Labute approximate surface area is 132 Å². The third-order valence-electron chi connectivity index (χ3n) is 3.41. The molecule has 8 nitrogen and oxygen atoms in total. The zero-order valence-electron chi connectivity index (χ0n) is 12.6. The number of nitrogens with one attached hydrogen (secondary N) is 1. The van der Waals surface area contributed by atoms with E-state index in [0.29, 0.717) is 5.56 Å². The number of nitrogens with zero attached hydrogens (tertiary/aromatic N) is 2. The Morgan fingerprint density at radius 1 is 1.35 bits per heavy atom. The molecular formula is C15H19N3O5. The third kappa shape index (κ3) is 4.35. The van der Waals surface area contributed by atoms with E-state index < -0.39 is 29.7 Å². The van der Waals surface area contributed by atoms with Crippen molar-refractivity contribution in [2.24, 2.45) is 0 Å². The first kappa shape index (κ1) is 17.1. The summed E-state index contributed by atoms with van der Waals surface area (Å²) in [5, 5.41) is 18.5. The molecule has 0 saturated carbocycles. The van der Waals surface area contributed by atoms with E-state index >= 15 is 0 Å². The highest BCUT2D eigenvalue weighted by Crippen LogP contribution is 2.27. The minimum Gasteiger partial charge on any atom is -0.394 e. The second-order valence-electron chi connectivity index (χ2n) is 5.12. The zero-order chi connectivity index (χ0) is 16.8. The molecule has 3 N–H and O–H groups in total. The van der Waals surface area contributed by atoms with Crippen molar-refractivity contribution in [3.8, 4) is 0 Å². The number of aromatic nitrogens is 3. The fraction of sp³-hybridized carbons (Fsp3) is 0.400. The minimum atomic E-state index is -0.816. The number of aliphatic hydroxyl groups is 2. The van der Waals surface area contributed by atoms with Gasteiger partial charge in [0.2, 0.25) is 0 Å². The van der Waals surface area contributed by atoms with Crippen LogP contribution in [0.4, 0.5) is 0 Å². The van der Waals surface area contributed by atoms with E-state index in [1.165, 1.54) is 10.8 Å². The van der Waals surface area contributed by atoms with E-state index in [1.807, 2.05) is 18.2 Å². The van der Waals surface area contributed by atoms with Crippen LogP contribution in [-0.2, 0) is 4.74 Å². The minimum absolute atomic E-state index is 0.205. The van der Waals surface area contributed by atoms with Crippen LogP contribution in [0.15, 0.2) is 46.4 Å². The average Bonchev–Trinajstić information content (AvgIpc) is 2.94. The summed E-state index contributed by atoms with van der Waals surface area (Å²) in [6.07, 6.45) is 2.92. The Hall–Kier alpha value is -2.29. The summed E-state index contributed by atoms with van der Waals surface area (Å²) in [4.78, 5) is 28.7. The van der Waals surface area contributed by atoms with Gasteiger partial charge in [-0.15, -0.1) is 0 Å². The van der Waals surface area contributed by atoms with Gasteiger partial charge in [0, 0.05) is 30.6 Å². The van der Waals surface area contributed by atoms with E-state index in [9.17, 15) is 14.7 Å². The molecule has 0 spiro atoms. The predicted octanol–water partition coefficient (Wildman–Crippen LogP) is -0.433. The Balaban J connectivity index is 0.000000268. The number of hydrogen-bond acceptors (Lipinski definition) is 6. The molecule has 0 bridgehead atoms. The Morgan fingerprint density at radius 2 is 2.04 bits per heavy atom. The summed E-state index contributed by atoms with van der Waals surface area (Å²) in [6.45, 7) is 1.26. The summed E-state index contributed by atoms with van der Waals surface area (Å²) in [5.74, 6) is 0. The first-order chi connectivity index (χ1) is 11.0. The number of aliphatic hydroxyl groups excluding tert-OH is 2. The van der Waals surface area contributed by atoms with E-state index in [4.69, 9.17) is 9.84 Å². The molecule has 3 atom stereocenters. The van der Waals surface area contributed by atoms with E-state index in [0.717, 1.165) is 0 Å². The number of ether oxygens (including phenoxy) is 1. The lowest BCUT2D eigenvalue weighted by molar-refractivity contribution is -0.0459. The Bertz CT molecular complexity index is 701. The maximum absolute atomic E-state index is 11.6. The van der Waals surface area contributed by atoms with Crippen LogP contribution in [0, 0.1) is 6.92 Å². The molecule has 8 heteroatoms. The molecule has 0 aliphatic carbocycles. The van der Waals surface area contributed by atoms with Gasteiger partial charge in [-0.1, -0.05) is 6.07 Å². The molecule has 3 heterocycles. The quantitative estimate of drug-likeness (QED) is 0.691. The molecule has 3 rings (SSSR count). The molecule has 124 valence electrons. The Kier molecular flexibility index (Phi) is 5.80. The normalized spacial score (nSPS) is 23.2. The molecule has 2 aromatic heterocycles. The highest BCUT2D eigenvalue weighted by Gasteiger charge is 2.34. The largest absolute Gasteiger partial charge is 0.394 e. The summed E-state index contributed by atoms with van der Waals surface area (Å²) < 4.78 is 6.54. The van der Waals surface area contributed by atoms with Gasteiger partial charge in [-0.05, 0) is 19.1 Å². The van der Waals surface area contributed by atoms with E-state index in [1.54, 1.807) is 19.3 Å². The van der Waals surface area contributed by atoms with Crippen molar-refractivity contribution in [1.29, 1.82) is 0 Å². The monoisotopic (exact) mass is 321 g/mol. The van der Waals surface area contributed by atoms with Crippen LogP contribution >= 0.6 is 0 Å². The first-order valence-electron chi connectivity index (χ1n) is 7.14. The maximum atomic E-state index is 11.6. The lowest BCUT2D eigenvalue weighted by Gasteiger charge is -2.14. The molecular weight excluding hydrogens is 302 g/mol. The van der Waals surface area contributed by atoms with E-state index in [-0.39, 0.29) is 13.0 Å². The van der Waals surface area contributed by atoms with Crippen LogP contribution in [0.25, 0.3) is 0 Å². The van der Waals surface area contributed by atoms with Crippen LogP contribution in [0.3, 0.4) is 0 Å². The van der Waals surface area contributed by atoms with Crippen molar-refractivity contribution in [3.05, 3.63) is 63.2 Å². The second-order valence-corrected chi connectivity index (χ2v) is 5.12. The van der Waals surface area contributed by atoms with Crippen LogP contribution in [0.2, 0.25) is 0 Å². The molecule has 1 fully saturated rings. The van der Waals surface area contributed by atoms with Crippen molar-refractivity contribution < 1.29 is 14.9 Å². The van der Waals surface area contributed by atoms with Crippen molar-refractivity contribution in [2.45, 2.75) is 31.8 Å². The van der Waals surface area contributed by atoms with Gasteiger partial charge < -0.3 is 14.9 Å². The summed E-state index contributed by atoms with van der Waals surface area (Å²) >= 11 is 0. The molecule has 0 aromatic carbocycles. The average molecular weight is 321 g/mol. The van der Waals surface area contributed by atoms with Gasteiger partial charge in [-0.25, -0.2) is 4.79 Å². The number of pyridine rings is 1. The standard InChI is InChI=1S/C10H14N2O5.C5H5N/c1-5-3-12(10(16)11-9(5)15)8-2-6(14)7(4-13)17-8;1-2-4-6-5-3-1/h3,6-8,13-14H,2,4H2,1H3,(H,11,15,16);1-5H/t6-,7+,8+;/m0./s1. The predicted molar refractivity (Wildman–Crippen MR) is 81.9 cm³/mol. The van der Waals surface area contributed by atoms with Gasteiger partial charge in [0.1, 0.15) is 12.3 Å². The molecule has 0 unspecified atom stereocenters. The lowest BCUT2D eigenvalue weighted by Crippen LogP contribution is -2.33. The third-order valence-corrected chi connectivity index (χ3v) is 3.41. The van der Waals surface area contributed by atoms with Crippen molar-refractivity contribution in [1.82, 2.24) is 14.5 Å². The zero-order valence-corrected chi connectivity index (χ0v) is 12.6. The number of H-pyrrole nitrogens is 1. The van der Waals surface area contributed by atoms with Crippen LogP contribution in [0.5, 0.6) is 0 Å². The first-order valence-corrected chi connectivity index (χ1v) is 7.14. The van der Waals surface area contributed by atoms with Gasteiger partial charge in [0.15, 0.2) is 0 Å². The van der Waals surface area contributed by atoms with E-state index in [2.05, 4.69) is 9.97 Å². The fourth-order valence-corrected chi connectivity index (χ4v) is 2.16. The molecule has 1 aliphatic rings. The lowest BCUT2D eigenvalue weighted by atomic mass is 10.2. The second kappa shape index (κ2) is 7.82. The molecule has 2 aromatic rings. The van der Waals surface area contributed by atoms with Crippen LogP contribution < -0.4 is 11.2 Å². The van der Waals surface area contributed by atoms with Crippen molar-refractivity contribution >= 4 is 0 Å². The Morgan fingerprint density at radius 3 is 2.52 bits per heavy atom. The molecule has 1 aliphatic heterocycles. The topological polar surface area (TPSA) is 117 Å². The SMILES string of the molecule is Cc1cn([C@H]2C[C@H](O)[C@@H](CO)O2)c(=O)[nH]c1=O.c1ccncc1. The summed E-state index contributed by atoms with van der Waals surface area (Å²) in [7, 11) is 0. The fourth-order valence-electron chi connectivity index (χ4n) is 2.16. The maximum Gasteiger partial charge on any atom is 0.330 e. The number of hydrogen-bond donors (Lipinski definition) is 3. The van der Waals surface area contributed by atoms with Crippen LogP contribution in [-0.4, -0.2) is 43.6 Å². The van der Waals surface area contributed by atoms with Gasteiger partial charge >= 0.3 is 5.69 Å².